The maximum atomic E-state index is 13.2. The van der Waals surface area contributed by atoms with Crippen LogP contribution in [0.15, 0.2) is 12.1 Å². The number of rotatable bonds is 6. The number of likely N-dealkylation sites (tertiary alicyclic amines) is 1. The highest BCUT2D eigenvalue weighted by Crippen LogP contribution is 2.34. The number of hydrogen-bond acceptors (Lipinski definition) is 8. The van der Waals surface area contributed by atoms with Crippen molar-refractivity contribution < 1.29 is 18.0 Å². The second-order valence-corrected chi connectivity index (χ2v) is 11.0. The summed E-state index contributed by atoms with van der Waals surface area (Å²) in [4.78, 5) is 32.8. The Morgan fingerprint density at radius 3 is 2.50 bits per heavy atom. The van der Waals surface area contributed by atoms with Gasteiger partial charge in [0.1, 0.15) is 5.52 Å². The first kappa shape index (κ1) is 28.7. The number of nitrogen functional groups attached to an aromatic ring is 1. The van der Waals surface area contributed by atoms with Gasteiger partial charge in [0.15, 0.2) is 22.5 Å². The molecular weight excluding hydrogens is 570 g/mol. The number of aromatic amines is 1. The van der Waals surface area contributed by atoms with E-state index in [1.807, 2.05) is 4.90 Å². The van der Waals surface area contributed by atoms with Crippen molar-refractivity contribution in [2.45, 2.75) is 51.0 Å². The van der Waals surface area contributed by atoms with Crippen LogP contribution >= 0.6 is 23.2 Å². The Labute approximate surface area is 238 Å². The third-order valence-electron chi connectivity index (χ3n) is 7.77. The molecule has 2 aromatic heterocycles. The minimum Gasteiger partial charge on any atom is -0.382 e. The van der Waals surface area contributed by atoms with Crippen LogP contribution in [-0.2, 0) is 12.7 Å². The molecule has 216 valence electrons. The molecule has 5 N–H and O–H groups in total. The van der Waals surface area contributed by atoms with Gasteiger partial charge >= 0.3 is 6.18 Å². The molecule has 0 radical (unpaired) electrons. The highest BCUT2D eigenvalue weighted by atomic mass is 35.5. The number of nitrogens with zero attached hydrogens (tertiary/aromatic N) is 6. The maximum absolute atomic E-state index is 13.2. The molecule has 5 rings (SSSR count). The molecule has 1 atom stereocenters. The molecule has 0 spiro atoms. The van der Waals surface area contributed by atoms with Gasteiger partial charge < -0.3 is 21.4 Å². The molecule has 0 unspecified atom stereocenters. The third kappa shape index (κ3) is 5.65. The number of piperidine rings is 1. The number of nitrogens with two attached hydrogens (primary N) is 2. The predicted molar refractivity (Wildman–Crippen MR) is 147 cm³/mol. The molecule has 0 aliphatic carbocycles. The molecule has 2 saturated heterocycles. The Kier molecular flexibility index (Phi) is 8.01. The molecule has 2 fully saturated rings. The van der Waals surface area contributed by atoms with E-state index in [1.165, 1.54) is 0 Å². The predicted octanol–water partition coefficient (Wildman–Crippen LogP) is 3.92. The van der Waals surface area contributed by atoms with E-state index in [2.05, 4.69) is 36.7 Å². The van der Waals surface area contributed by atoms with Crippen molar-refractivity contribution in [3.8, 4) is 0 Å². The van der Waals surface area contributed by atoms with Crippen molar-refractivity contribution in [1.82, 2.24) is 29.7 Å². The van der Waals surface area contributed by atoms with Crippen molar-refractivity contribution in [2.75, 3.05) is 43.4 Å². The average Bonchev–Trinajstić information content (AvgIpc) is 3.39. The lowest BCUT2D eigenvalue weighted by Crippen LogP contribution is -2.58. The largest absolute Gasteiger partial charge is 0.449 e. The number of carbonyl (C=O) groups is 1. The summed E-state index contributed by atoms with van der Waals surface area (Å²) in [7, 11) is 0. The SMILES string of the molecule is CC[C@H]1CN(c2nc(N)c(C(N)=O)nc2Cl)CCN1C1CCN(Cc2ccc(Cl)c3nc(C(F)(F)F)[nH]c23)CC1. The van der Waals surface area contributed by atoms with E-state index < -0.39 is 17.9 Å². The van der Waals surface area contributed by atoms with E-state index in [1.54, 1.807) is 12.1 Å². The molecule has 3 aromatic rings. The molecule has 2 aliphatic heterocycles. The molecule has 1 aromatic carbocycles. The molecule has 1 amide bonds. The second kappa shape index (κ2) is 11.2. The number of fused-ring (bicyclic) bond motifs is 1. The fourth-order valence-corrected chi connectivity index (χ4v) is 6.18. The van der Waals surface area contributed by atoms with Gasteiger partial charge in [-0.1, -0.05) is 36.2 Å². The normalized spacial score (nSPS) is 19.9. The van der Waals surface area contributed by atoms with Crippen LogP contribution < -0.4 is 16.4 Å². The summed E-state index contributed by atoms with van der Waals surface area (Å²) in [6.45, 7) is 6.42. The average molecular weight is 600 g/mol. The standard InChI is InChI=1S/C25H30Cl2F3N9O/c1-2-14-12-38(23-20(27)33-19(22(32)40)21(31)36-23)9-10-39(14)15-5-7-37(8-6-15)11-13-3-4-16(26)18-17(13)34-24(35-18)25(28,29)30/h3-4,14-15H,2,5-12H2,1H3,(H2,31,36)(H2,32,40)(H,34,35)/t14-/m0/s1. The van der Waals surface area contributed by atoms with Crippen molar-refractivity contribution in [1.29, 1.82) is 0 Å². The van der Waals surface area contributed by atoms with Gasteiger partial charge in [0, 0.05) is 38.3 Å². The van der Waals surface area contributed by atoms with Crippen molar-refractivity contribution in [3.05, 3.63) is 39.4 Å². The van der Waals surface area contributed by atoms with Gasteiger partial charge in [-0.25, -0.2) is 15.0 Å². The lowest BCUT2D eigenvalue weighted by atomic mass is 9.97. The van der Waals surface area contributed by atoms with Crippen LogP contribution in [-0.4, -0.2) is 80.5 Å². The van der Waals surface area contributed by atoms with E-state index >= 15 is 0 Å². The van der Waals surface area contributed by atoms with Crippen molar-refractivity contribution in [2.24, 2.45) is 5.73 Å². The van der Waals surface area contributed by atoms with Gasteiger partial charge in [0.05, 0.1) is 10.5 Å². The topological polar surface area (TPSA) is 133 Å². The summed E-state index contributed by atoms with van der Waals surface area (Å²) in [5.41, 5.74) is 12.3. The summed E-state index contributed by atoms with van der Waals surface area (Å²) in [6, 6.07) is 3.99. The number of nitrogens with one attached hydrogen (secondary N) is 1. The van der Waals surface area contributed by atoms with E-state index in [9.17, 15) is 18.0 Å². The van der Waals surface area contributed by atoms with E-state index in [4.69, 9.17) is 34.7 Å². The number of aromatic nitrogens is 4. The number of anilines is 2. The zero-order valence-corrected chi connectivity index (χ0v) is 23.3. The van der Waals surface area contributed by atoms with Gasteiger partial charge in [-0.15, -0.1) is 0 Å². The summed E-state index contributed by atoms with van der Waals surface area (Å²) >= 11 is 12.5. The minimum absolute atomic E-state index is 0.0440. The highest BCUT2D eigenvalue weighted by molar-refractivity contribution is 6.35. The molecule has 4 heterocycles. The van der Waals surface area contributed by atoms with Crippen LogP contribution in [0.25, 0.3) is 11.0 Å². The Morgan fingerprint density at radius 2 is 1.85 bits per heavy atom. The number of halogens is 5. The summed E-state index contributed by atoms with van der Waals surface area (Å²) in [5.74, 6) is -1.42. The zero-order valence-electron chi connectivity index (χ0n) is 21.8. The number of imidazole rings is 1. The van der Waals surface area contributed by atoms with Gasteiger partial charge in [-0.3, -0.25) is 14.6 Å². The lowest BCUT2D eigenvalue weighted by molar-refractivity contribution is -0.144. The maximum Gasteiger partial charge on any atom is 0.449 e. The number of H-pyrrole nitrogens is 1. The van der Waals surface area contributed by atoms with Crippen LogP contribution in [0.3, 0.4) is 0 Å². The van der Waals surface area contributed by atoms with Gasteiger partial charge in [0.25, 0.3) is 5.91 Å². The van der Waals surface area contributed by atoms with Crippen LogP contribution in [0.2, 0.25) is 10.2 Å². The zero-order chi connectivity index (χ0) is 28.8. The van der Waals surface area contributed by atoms with Gasteiger partial charge in [-0.05, 0) is 44.0 Å². The first-order valence-electron chi connectivity index (χ1n) is 13.1. The number of benzene rings is 1. The summed E-state index contributed by atoms with van der Waals surface area (Å²) < 4.78 is 39.7. The van der Waals surface area contributed by atoms with Crippen LogP contribution in [0.4, 0.5) is 24.8 Å². The number of hydrogen-bond donors (Lipinski definition) is 3. The van der Waals surface area contributed by atoms with Crippen LogP contribution in [0.5, 0.6) is 0 Å². The molecule has 2 aliphatic rings. The Bertz CT molecular complexity index is 1410. The van der Waals surface area contributed by atoms with Crippen LogP contribution in [0.1, 0.15) is 48.1 Å². The molecule has 0 bridgehead atoms. The van der Waals surface area contributed by atoms with Crippen molar-refractivity contribution in [3.63, 3.8) is 0 Å². The number of amides is 1. The molecule has 0 saturated carbocycles. The van der Waals surface area contributed by atoms with E-state index in [0.717, 1.165) is 44.5 Å². The van der Waals surface area contributed by atoms with Gasteiger partial charge in [0.2, 0.25) is 5.82 Å². The number of primary amides is 1. The first-order chi connectivity index (χ1) is 19.0. The molecule has 15 heteroatoms. The number of alkyl halides is 3. The Hall–Kier alpha value is -2.87. The fraction of sp³-hybridized carbons (Fsp3) is 0.520. The summed E-state index contributed by atoms with van der Waals surface area (Å²) in [5, 5.41) is 0.281. The van der Waals surface area contributed by atoms with Gasteiger partial charge in [-0.2, -0.15) is 13.2 Å². The molecule has 10 nitrogen and oxygen atoms in total. The number of carbonyl (C=O) groups excluding carboxylic acids is 1. The van der Waals surface area contributed by atoms with Crippen LogP contribution in [0, 0.1) is 0 Å². The van der Waals surface area contributed by atoms with E-state index in [-0.39, 0.29) is 33.2 Å². The second-order valence-electron chi connectivity index (χ2n) is 10.2. The first-order valence-corrected chi connectivity index (χ1v) is 13.8. The number of piperazine rings is 1. The summed E-state index contributed by atoms with van der Waals surface area (Å²) in [6.07, 6.45) is -1.79. The highest BCUT2D eigenvalue weighted by Gasteiger charge is 2.36. The third-order valence-corrected chi connectivity index (χ3v) is 8.33. The monoisotopic (exact) mass is 599 g/mol. The van der Waals surface area contributed by atoms with E-state index in [0.29, 0.717) is 37.0 Å². The minimum atomic E-state index is -4.57. The smallest absolute Gasteiger partial charge is 0.382 e. The van der Waals surface area contributed by atoms with Crippen molar-refractivity contribution >= 4 is 51.8 Å². The molecular formula is C25H30Cl2F3N9O. The Balaban J connectivity index is 1.23. The Morgan fingerprint density at radius 1 is 1.12 bits per heavy atom. The lowest BCUT2D eigenvalue weighted by Gasteiger charge is -2.47. The fourth-order valence-electron chi connectivity index (χ4n) is 5.74. The quantitative estimate of drug-likeness (QED) is 0.388. The molecule has 40 heavy (non-hydrogen) atoms.